The Morgan fingerprint density at radius 2 is 2.18 bits per heavy atom. The van der Waals surface area contributed by atoms with E-state index in [-0.39, 0.29) is 11.7 Å². The molecule has 0 saturated carbocycles. The molecule has 17 heavy (non-hydrogen) atoms. The van der Waals surface area contributed by atoms with Crippen molar-refractivity contribution >= 4 is 0 Å². The molecule has 0 aliphatic rings. The first-order valence-electron chi connectivity index (χ1n) is 6.08. The Labute approximate surface area is 103 Å². The normalized spacial score (nSPS) is 11.9. The van der Waals surface area contributed by atoms with E-state index in [1.165, 1.54) is 12.1 Å². The highest BCUT2D eigenvalue weighted by Crippen LogP contribution is 2.32. The Kier molecular flexibility index (Phi) is 5.56. The second kappa shape index (κ2) is 6.96. The van der Waals surface area contributed by atoms with Gasteiger partial charge < -0.3 is 4.74 Å². The van der Waals surface area contributed by atoms with Crippen molar-refractivity contribution in [1.82, 2.24) is 0 Å². The summed E-state index contributed by atoms with van der Waals surface area (Å²) in [5.41, 5.74) is 0.888. The van der Waals surface area contributed by atoms with E-state index in [4.69, 9.17) is 11.2 Å². The number of ether oxygens (including phenoxy) is 1. The first-order chi connectivity index (χ1) is 8.22. The van der Waals surface area contributed by atoms with Gasteiger partial charge in [-0.25, -0.2) is 4.39 Å². The van der Waals surface area contributed by atoms with Gasteiger partial charge in [0, 0.05) is 12.0 Å². The van der Waals surface area contributed by atoms with Crippen LogP contribution in [0.3, 0.4) is 0 Å². The van der Waals surface area contributed by atoms with E-state index in [0.29, 0.717) is 13.0 Å². The Morgan fingerprint density at radius 3 is 2.76 bits per heavy atom. The molecule has 0 aromatic heterocycles. The van der Waals surface area contributed by atoms with Crippen LogP contribution in [0, 0.1) is 18.2 Å². The van der Waals surface area contributed by atoms with Crippen LogP contribution >= 0.6 is 0 Å². The van der Waals surface area contributed by atoms with Crippen molar-refractivity contribution in [3.05, 3.63) is 29.6 Å². The van der Waals surface area contributed by atoms with Gasteiger partial charge in [0.1, 0.15) is 11.6 Å². The highest BCUT2D eigenvalue weighted by molar-refractivity contribution is 5.37. The molecule has 0 N–H and O–H groups in total. The van der Waals surface area contributed by atoms with Gasteiger partial charge >= 0.3 is 0 Å². The Balaban J connectivity index is 3.00. The summed E-state index contributed by atoms with van der Waals surface area (Å²) in [6, 6.07) is 4.66. The summed E-state index contributed by atoms with van der Waals surface area (Å²) in [5.74, 6) is 3.33. The van der Waals surface area contributed by atoms with Crippen LogP contribution in [-0.4, -0.2) is 6.61 Å². The molecule has 1 rings (SSSR count). The van der Waals surface area contributed by atoms with Gasteiger partial charge in [0.2, 0.25) is 0 Å². The zero-order valence-electron chi connectivity index (χ0n) is 10.5. The number of benzene rings is 1. The maximum atomic E-state index is 13.3. The third-order valence-corrected chi connectivity index (χ3v) is 2.73. The molecule has 1 unspecified atom stereocenters. The van der Waals surface area contributed by atoms with Gasteiger partial charge in [-0.1, -0.05) is 13.8 Å². The van der Waals surface area contributed by atoms with Crippen LogP contribution in [0.1, 0.15) is 44.6 Å². The lowest BCUT2D eigenvalue weighted by Crippen LogP contribution is -2.04. The molecule has 1 nitrogen and oxygen atoms in total. The maximum absolute atomic E-state index is 13.3. The molecule has 0 bridgehead atoms. The highest BCUT2D eigenvalue weighted by Gasteiger charge is 2.14. The summed E-state index contributed by atoms with van der Waals surface area (Å²) >= 11 is 0. The number of halogens is 1. The Morgan fingerprint density at radius 1 is 1.41 bits per heavy atom. The molecule has 1 aromatic rings. The van der Waals surface area contributed by atoms with E-state index in [1.54, 1.807) is 6.07 Å². The van der Waals surface area contributed by atoms with Crippen LogP contribution in [0.25, 0.3) is 0 Å². The molecule has 0 aliphatic heterocycles. The minimum absolute atomic E-state index is 0.169. The Hall–Kier alpha value is -1.49. The van der Waals surface area contributed by atoms with E-state index >= 15 is 0 Å². The van der Waals surface area contributed by atoms with Crippen molar-refractivity contribution in [3.8, 4) is 18.1 Å². The van der Waals surface area contributed by atoms with Crippen LogP contribution in [0.2, 0.25) is 0 Å². The minimum Gasteiger partial charge on any atom is -0.493 e. The van der Waals surface area contributed by atoms with Crippen molar-refractivity contribution in [2.24, 2.45) is 0 Å². The summed E-state index contributed by atoms with van der Waals surface area (Å²) in [6.07, 6.45) is 7.78. The van der Waals surface area contributed by atoms with Crippen LogP contribution in [0.15, 0.2) is 18.2 Å². The van der Waals surface area contributed by atoms with Crippen molar-refractivity contribution in [3.63, 3.8) is 0 Å². The predicted octanol–water partition coefficient (Wildman–Crippen LogP) is 4.13. The lowest BCUT2D eigenvalue weighted by atomic mass is 9.92. The van der Waals surface area contributed by atoms with Crippen LogP contribution in [0.5, 0.6) is 5.75 Å². The molecule has 0 fully saturated rings. The summed E-state index contributed by atoms with van der Waals surface area (Å²) in [5, 5.41) is 0. The molecule has 1 atom stereocenters. The maximum Gasteiger partial charge on any atom is 0.123 e. The number of hydrogen-bond donors (Lipinski definition) is 0. The number of hydrogen-bond acceptors (Lipinski definition) is 1. The van der Waals surface area contributed by atoms with Gasteiger partial charge in [0.25, 0.3) is 0 Å². The molecule has 0 amide bonds. The third-order valence-electron chi connectivity index (χ3n) is 2.73. The molecule has 0 aliphatic carbocycles. The third kappa shape index (κ3) is 3.78. The average Bonchev–Trinajstić information content (AvgIpc) is 2.34. The summed E-state index contributed by atoms with van der Waals surface area (Å²) in [7, 11) is 0. The quantitative estimate of drug-likeness (QED) is 0.672. The fourth-order valence-corrected chi connectivity index (χ4v) is 1.80. The van der Waals surface area contributed by atoms with E-state index in [1.807, 2.05) is 6.92 Å². The van der Waals surface area contributed by atoms with Gasteiger partial charge in [-0.05, 0) is 37.0 Å². The lowest BCUT2D eigenvalue weighted by Gasteiger charge is -2.17. The first kappa shape index (κ1) is 13.6. The second-order valence-corrected chi connectivity index (χ2v) is 4.04. The topological polar surface area (TPSA) is 9.23 Å². The van der Waals surface area contributed by atoms with E-state index in [9.17, 15) is 4.39 Å². The van der Waals surface area contributed by atoms with Gasteiger partial charge in [-0.2, -0.15) is 0 Å². The first-order valence-corrected chi connectivity index (χ1v) is 6.08. The molecule has 0 radical (unpaired) electrons. The van der Waals surface area contributed by atoms with E-state index in [0.717, 1.165) is 24.2 Å². The molecule has 92 valence electrons. The zero-order chi connectivity index (χ0) is 12.7. The summed E-state index contributed by atoms with van der Waals surface area (Å²) < 4.78 is 18.9. The molecular weight excluding hydrogens is 215 g/mol. The van der Waals surface area contributed by atoms with Gasteiger partial charge in [0.05, 0.1) is 6.61 Å². The molecular formula is C15H19FO. The molecule has 2 heteroatoms. The van der Waals surface area contributed by atoms with E-state index < -0.39 is 0 Å². The summed E-state index contributed by atoms with van der Waals surface area (Å²) in [6.45, 7) is 4.74. The average molecular weight is 234 g/mol. The monoisotopic (exact) mass is 234 g/mol. The largest absolute Gasteiger partial charge is 0.493 e. The molecule has 0 spiro atoms. The number of terminal acetylenes is 1. The van der Waals surface area contributed by atoms with Gasteiger partial charge in [0.15, 0.2) is 0 Å². The second-order valence-electron chi connectivity index (χ2n) is 4.04. The van der Waals surface area contributed by atoms with Crippen LogP contribution in [-0.2, 0) is 0 Å². The predicted molar refractivity (Wildman–Crippen MR) is 68.7 cm³/mol. The fourth-order valence-electron chi connectivity index (χ4n) is 1.80. The fraction of sp³-hybridized carbons (Fsp3) is 0.467. The van der Waals surface area contributed by atoms with Crippen LogP contribution in [0.4, 0.5) is 4.39 Å². The van der Waals surface area contributed by atoms with E-state index in [2.05, 4.69) is 12.8 Å². The zero-order valence-corrected chi connectivity index (χ0v) is 10.5. The van der Waals surface area contributed by atoms with Gasteiger partial charge in [-0.15, -0.1) is 12.3 Å². The van der Waals surface area contributed by atoms with Crippen molar-refractivity contribution in [2.45, 2.75) is 39.0 Å². The highest BCUT2D eigenvalue weighted by atomic mass is 19.1. The van der Waals surface area contributed by atoms with Crippen molar-refractivity contribution < 1.29 is 9.13 Å². The standard InChI is InChI=1S/C15H19FO/c1-4-7-12(6-3)14-11-13(16)8-9-15(14)17-10-5-2/h1,8-9,11-12H,5-7,10H2,2-3H3. The van der Waals surface area contributed by atoms with Gasteiger partial charge in [-0.3, -0.25) is 0 Å². The van der Waals surface area contributed by atoms with Crippen LogP contribution < -0.4 is 4.74 Å². The van der Waals surface area contributed by atoms with Crippen molar-refractivity contribution in [1.29, 1.82) is 0 Å². The minimum atomic E-state index is -0.237. The molecule has 1 aromatic carbocycles. The lowest BCUT2D eigenvalue weighted by molar-refractivity contribution is 0.311. The SMILES string of the molecule is C#CCC(CC)c1cc(F)ccc1OCCC. The molecule has 0 heterocycles. The Bertz CT molecular complexity index is 392. The summed E-state index contributed by atoms with van der Waals surface area (Å²) in [4.78, 5) is 0. The van der Waals surface area contributed by atoms with Crippen molar-refractivity contribution in [2.75, 3.05) is 6.61 Å². The smallest absolute Gasteiger partial charge is 0.123 e. The molecule has 0 saturated heterocycles. The number of rotatable bonds is 6.